The summed E-state index contributed by atoms with van der Waals surface area (Å²) in [5, 5.41) is 2.24. The molecule has 2 aromatic heterocycles. The molecule has 0 spiro atoms. The Bertz CT molecular complexity index is 1690. The highest BCUT2D eigenvalue weighted by Crippen LogP contribution is 2.31. The minimum absolute atomic E-state index is 1.01. The van der Waals surface area contributed by atoms with Gasteiger partial charge in [0.25, 0.3) is 0 Å². The summed E-state index contributed by atoms with van der Waals surface area (Å²) in [6, 6.07) is 29.6. The number of para-hydroxylation sites is 3. The summed E-state index contributed by atoms with van der Waals surface area (Å²) in [5.41, 5.74) is 8.03. The second-order valence-electron chi connectivity index (χ2n) is 8.86. The molecule has 0 aliphatic carbocycles. The molecule has 0 fully saturated rings. The summed E-state index contributed by atoms with van der Waals surface area (Å²) < 4.78 is 3.42. The second kappa shape index (κ2) is 9.40. The van der Waals surface area contributed by atoms with E-state index in [9.17, 15) is 0 Å². The highest BCUT2D eigenvalue weighted by Gasteiger charge is 2.13. The maximum atomic E-state index is 4.95. The number of rotatable bonds is 4. The molecule has 36 heavy (non-hydrogen) atoms. The Balaban J connectivity index is 1.42. The zero-order valence-corrected chi connectivity index (χ0v) is 21.1. The Labute approximate surface area is 215 Å². The van der Waals surface area contributed by atoms with E-state index in [1.807, 2.05) is 6.07 Å². The number of hydrogen-bond acceptors (Lipinski definition) is 3. The molecule has 0 saturated carbocycles. The lowest BCUT2D eigenvalue weighted by Gasteiger charge is -2.26. The Morgan fingerprint density at radius 2 is 1.69 bits per heavy atom. The van der Waals surface area contributed by atoms with Crippen molar-refractivity contribution in [1.82, 2.24) is 4.98 Å². The summed E-state index contributed by atoms with van der Waals surface area (Å²) in [5.74, 6) is 0. The van der Waals surface area contributed by atoms with Crippen molar-refractivity contribution in [2.45, 2.75) is 0 Å². The number of likely N-dealkylation sites (N-methyl/N-ethyl adjacent to an activating group) is 1. The maximum absolute atomic E-state index is 4.95. The molecular weight excluding hydrogens is 458 g/mol. The molecule has 0 atom stereocenters. The van der Waals surface area contributed by atoms with Gasteiger partial charge in [-0.2, -0.15) is 4.57 Å². The van der Waals surface area contributed by atoms with Crippen LogP contribution in [0.2, 0.25) is 0 Å². The van der Waals surface area contributed by atoms with Crippen LogP contribution in [0.1, 0.15) is 16.3 Å². The molecule has 0 amide bonds. The van der Waals surface area contributed by atoms with Crippen molar-refractivity contribution < 1.29 is 4.57 Å². The van der Waals surface area contributed by atoms with Gasteiger partial charge in [0.1, 0.15) is 12.1 Å². The number of thiazole rings is 1. The Morgan fingerprint density at radius 1 is 0.889 bits per heavy atom. The molecule has 4 heteroatoms. The molecule has 0 unspecified atom stereocenters. The average molecular weight is 485 g/mol. The fourth-order valence-electron chi connectivity index (χ4n) is 4.60. The molecule has 174 valence electrons. The van der Waals surface area contributed by atoms with Gasteiger partial charge in [0.15, 0.2) is 0 Å². The van der Waals surface area contributed by atoms with Crippen molar-refractivity contribution in [2.24, 2.45) is 7.05 Å². The molecule has 0 radical (unpaired) electrons. The lowest BCUT2D eigenvalue weighted by atomic mass is 10.1. The van der Waals surface area contributed by atoms with Crippen molar-refractivity contribution in [3.63, 3.8) is 0 Å². The van der Waals surface area contributed by atoms with Crippen LogP contribution in [-0.2, 0) is 7.05 Å². The molecule has 0 saturated heterocycles. The van der Waals surface area contributed by atoms with E-state index < -0.39 is 0 Å². The van der Waals surface area contributed by atoms with Crippen LogP contribution >= 0.6 is 11.3 Å². The van der Waals surface area contributed by atoms with Gasteiger partial charge in [0.2, 0.25) is 11.2 Å². The van der Waals surface area contributed by atoms with Crippen molar-refractivity contribution in [2.75, 3.05) is 11.9 Å². The molecule has 3 nitrogen and oxygen atoms in total. The van der Waals surface area contributed by atoms with Crippen LogP contribution in [0.15, 0.2) is 115 Å². The van der Waals surface area contributed by atoms with Gasteiger partial charge < -0.3 is 4.90 Å². The molecule has 1 aliphatic heterocycles. The first-order chi connectivity index (χ1) is 17.7. The third-order valence-electron chi connectivity index (χ3n) is 6.65. The molecule has 6 rings (SSSR count). The van der Waals surface area contributed by atoms with Crippen LogP contribution < -0.4 is 9.47 Å². The topological polar surface area (TPSA) is 20.0 Å². The van der Waals surface area contributed by atoms with Crippen LogP contribution in [0, 0.1) is 0 Å². The zero-order chi connectivity index (χ0) is 24.5. The molecule has 3 heterocycles. The van der Waals surface area contributed by atoms with Crippen LogP contribution in [0.3, 0.4) is 0 Å². The average Bonchev–Trinajstić information content (AvgIpc) is 3.35. The van der Waals surface area contributed by atoms with Gasteiger partial charge in [-0.15, -0.1) is 11.3 Å². The molecule has 5 aromatic rings. The fraction of sp³-hybridized carbons (Fsp3) is 0.0625. The van der Waals surface area contributed by atoms with Crippen LogP contribution in [0.4, 0.5) is 5.69 Å². The fourth-order valence-corrected chi connectivity index (χ4v) is 5.57. The largest absolute Gasteiger partial charge is 0.344 e. The first kappa shape index (κ1) is 22.2. The van der Waals surface area contributed by atoms with Crippen molar-refractivity contribution >= 4 is 55.9 Å². The third kappa shape index (κ3) is 4.16. The van der Waals surface area contributed by atoms with E-state index in [1.54, 1.807) is 11.3 Å². The lowest BCUT2D eigenvalue weighted by molar-refractivity contribution is -0.646. The number of aryl methyl sites for hydroxylation is 1. The predicted octanol–water partition coefficient (Wildman–Crippen LogP) is 7.42. The SMILES string of the molecule is CN1\C(=C/C=C(/C=C/c2ccc3ccccc3[n+]2C)c2nc3ccccc3s2)C=Cc2ccccc21. The minimum Gasteiger partial charge on any atom is -0.344 e. The van der Waals surface area contributed by atoms with E-state index in [-0.39, 0.29) is 0 Å². The first-order valence-corrected chi connectivity index (χ1v) is 12.8. The van der Waals surface area contributed by atoms with E-state index >= 15 is 0 Å². The normalized spacial score (nSPS) is 14.9. The van der Waals surface area contributed by atoms with Crippen molar-refractivity contribution in [1.29, 1.82) is 0 Å². The number of aromatic nitrogens is 2. The lowest BCUT2D eigenvalue weighted by Crippen LogP contribution is -2.32. The number of allylic oxidation sites excluding steroid dienone is 5. The molecule has 1 aliphatic rings. The van der Waals surface area contributed by atoms with Gasteiger partial charge in [-0.05, 0) is 60.2 Å². The smallest absolute Gasteiger partial charge is 0.212 e. The van der Waals surface area contributed by atoms with Gasteiger partial charge in [-0.1, -0.05) is 48.5 Å². The van der Waals surface area contributed by atoms with Crippen molar-refractivity contribution in [3.05, 3.63) is 131 Å². The Morgan fingerprint density at radius 3 is 2.61 bits per heavy atom. The predicted molar refractivity (Wildman–Crippen MR) is 154 cm³/mol. The number of anilines is 1. The van der Waals surface area contributed by atoms with Crippen molar-refractivity contribution in [3.8, 4) is 0 Å². The van der Waals surface area contributed by atoms with Crippen LogP contribution in [0.25, 0.3) is 38.8 Å². The van der Waals surface area contributed by atoms with Gasteiger partial charge >= 0.3 is 0 Å². The van der Waals surface area contributed by atoms with Crippen LogP contribution in [0.5, 0.6) is 0 Å². The third-order valence-corrected chi connectivity index (χ3v) is 7.73. The highest BCUT2D eigenvalue weighted by molar-refractivity contribution is 7.19. The van der Waals surface area contributed by atoms with E-state index in [4.69, 9.17) is 4.98 Å². The van der Waals surface area contributed by atoms with Gasteiger partial charge in [-0.25, -0.2) is 4.98 Å². The maximum Gasteiger partial charge on any atom is 0.212 e. The monoisotopic (exact) mass is 484 g/mol. The molecule has 0 bridgehead atoms. The summed E-state index contributed by atoms with van der Waals surface area (Å²) in [6.07, 6.45) is 13.1. The van der Waals surface area contributed by atoms with E-state index in [0.717, 1.165) is 27.5 Å². The zero-order valence-electron chi connectivity index (χ0n) is 20.3. The quantitative estimate of drug-likeness (QED) is 0.195. The molecule has 3 aromatic carbocycles. The summed E-state index contributed by atoms with van der Waals surface area (Å²) >= 11 is 1.72. The number of pyridine rings is 1. The van der Waals surface area contributed by atoms with Gasteiger partial charge in [0.05, 0.1) is 10.2 Å². The Hall–Kier alpha value is -4.28. The summed E-state index contributed by atoms with van der Waals surface area (Å²) in [6.45, 7) is 0. The van der Waals surface area contributed by atoms with Gasteiger partial charge in [0, 0.05) is 47.6 Å². The number of benzene rings is 3. The van der Waals surface area contributed by atoms with E-state index in [1.165, 1.54) is 26.9 Å². The molecular formula is C32H26N3S+. The van der Waals surface area contributed by atoms with Crippen LogP contribution in [-0.4, -0.2) is 12.0 Å². The first-order valence-electron chi connectivity index (χ1n) is 12.0. The van der Waals surface area contributed by atoms with E-state index in [2.05, 4.69) is 139 Å². The number of nitrogens with zero attached hydrogens (tertiary/aromatic N) is 3. The standard InChI is InChI=1S/C32H26N3S/c1-34-26(19-15-23-9-3-6-12-29(23)34)21-17-25(32-33-28-11-5-8-14-31(28)36-32)18-22-27-20-16-24-10-4-7-13-30(24)35(27)2/h3-22H,1-2H3/q+1. The minimum atomic E-state index is 1.01. The molecule has 0 N–H and O–H groups in total. The second-order valence-corrected chi connectivity index (χ2v) is 9.89. The van der Waals surface area contributed by atoms with Gasteiger partial charge in [-0.3, -0.25) is 0 Å². The number of hydrogen-bond donors (Lipinski definition) is 0. The highest BCUT2D eigenvalue weighted by atomic mass is 32.1. The Kier molecular flexibility index (Phi) is 5.80. The van der Waals surface area contributed by atoms with E-state index in [0.29, 0.717) is 0 Å². The summed E-state index contributed by atoms with van der Waals surface area (Å²) in [4.78, 5) is 7.18. The summed E-state index contributed by atoms with van der Waals surface area (Å²) in [7, 11) is 4.23. The number of fused-ring (bicyclic) bond motifs is 3.